The van der Waals surface area contributed by atoms with Crippen molar-refractivity contribution < 1.29 is 9.47 Å². The number of rotatable bonds is 4. The van der Waals surface area contributed by atoms with Gasteiger partial charge in [0.05, 0.1) is 13.0 Å². The van der Waals surface area contributed by atoms with Gasteiger partial charge in [-0.3, -0.25) is 0 Å². The van der Waals surface area contributed by atoms with E-state index in [1.54, 1.807) is 7.11 Å². The molecular formula is C15H15ClO2. The van der Waals surface area contributed by atoms with E-state index in [0.29, 0.717) is 5.88 Å². The van der Waals surface area contributed by atoms with Crippen LogP contribution in [0.5, 0.6) is 17.2 Å². The zero-order valence-electron chi connectivity index (χ0n) is 10.4. The summed E-state index contributed by atoms with van der Waals surface area (Å²) in [7, 11) is 1.63. The van der Waals surface area contributed by atoms with Crippen LogP contribution in [0.15, 0.2) is 42.5 Å². The summed E-state index contributed by atoms with van der Waals surface area (Å²) < 4.78 is 11.0. The van der Waals surface area contributed by atoms with E-state index in [4.69, 9.17) is 21.1 Å². The average Bonchev–Trinajstić information content (AvgIpc) is 2.41. The quantitative estimate of drug-likeness (QED) is 0.754. The first-order valence-electron chi connectivity index (χ1n) is 5.70. The van der Waals surface area contributed by atoms with Gasteiger partial charge in [-0.2, -0.15) is 0 Å². The fraction of sp³-hybridized carbons (Fsp3) is 0.200. The Labute approximate surface area is 112 Å². The molecule has 0 aromatic heterocycles. The molecule has 0 aliphatic carbocycles. The summed E-state index contributed by atoms with van der Waals surface area (Å²) >= 11 is 5.90. The molecule has 2 aromatic carbocycles. The molecule has 0 amide bonds. The van der Waals surface area contributed by atoms with Crippen LogP contribution in [0.3, 0.4) is 0 Å². The first-order chi connectivity index (χ1) is 8.72. The van der Waals surface area contributed by atoms with E-state index in [0.717, 1.165) is 22.8 Å². The minimum atomic E-state index is 0.408. The highest BCUT2D eigenvalue weighted by Crippen LogP contribution is 2.30. The van der Waals surface area contributed by atoms with Crippen LogP contribution in [0.25, 0.3) is 0 Å². The summed E-state index contributed by atoms with van der Waals surface area (Å²) in [5.41, 5.74) is 2.14. The third-order valence-corrected chi connectivity index (χ3v) is 2.96. The van der Waals surface area contributed by atoms with E-state index >= 15 is 0 Å². The number of alkyl halides is 1. The Morgan fingerprint density at radius 2 is 1.67 bits per heavy atom. The van der Waals surface area contributed by atoms with Gasteiger partial charge in [-0.25, -0.2) is 0 Å². The third kappa shape index (κ3) is 2.96. The first-order valence-corrected chi connectivity index (χ1v) is 6.24. The van der Waals surface area contributed by atoms with Crippen LogP contribution < -0.4 is 9.47 Å². The molecule has 0 radical (unpaired) electrons. The Hall–Kier alpha value is -1.67. The molecule has 0 bridgehead atoms. The van der Waals surface area contributed by atoms with E-state index in [1.165, 1.54) is 5.56 Å². The molecule has 2 nitrogen and oxygen atoms in total. The molecule has 2 aromatic rings. The van der Waals surface area contributed by atoms with Crippen LogP contribution >= 0.6 is 11.6 Å². The summed E-state index contributed by atoms with van der Waals surface area (Å²) in [6, 6.07) is 13.5. The minimum Gasteiger partial charge on any atom is -0.497 e. The van der Waals surface area contributed by atoms with Crippen molar-refractivity contribution in [3.8, 4) is 17.2 Å². The van der Waals surface area contributed by atoms with Crippen molar-refractivity contribution in [1.29, 1.82) is 0 Å². The van der Waals surface area contributed by atoms with Crippen LogP contribution in [0.4, 0.5) is 0 Å². The molecule has 0 saturated carbocycles. The molecule has 2 rings (SSSR count). The summed E-state index contributed by atoms with van der Waals surface area (Å²) in [6.07, 6.45) is 0. The van der Waals surface area contributed by atoms with E-state index in [1.807, 2.05) is 49.4 Å². The van der Waals surface area contributed by atoms with Gasteiger partial charge >= 0.3 is 0 Å². The first kappa shape index (κ1) is 12.8. The van der Waals surface area contributed by atoms with E-state index in [-0.39, 0.29) is 0 Å². The van der Waals surface area contributed by atoms with Crippen LogP contribution in [-0.4, -0.2) is 7.11 Å². The smallest absolute Gasteiger partial charge is 0.135 e. The largest absolute Gasteiger partial charge is 0.497 e. The molecule has 18 heavy (non-hydrogen) atoms. The lowest BCUT2D eigenvalue weighted by Gasteiger charge is -2.11. The average molecular weight is 263 g/mol. The number of halogens is 1. The van der Waals surface area contributed by atoms with Crippen molar-refractivity contribution in [2.75, 3.05) is 7.11 Å². The Morgan fingerprint density at radius 3 is 2.28 bits per heavy atom. The predicted molar refractivity (Wildman–Crippen MR) is 73.8 cm³/mol. The Balaban J connectivity index is 2.29. The van der Waals surface area contributed by atoms with Gasteiger partial charge < -0.3 is 9.47 Å². The monoisotopic (exact) mass is 262 g/mol. The van der Waals surface area contributed by atoms with Gasteiger partial charge in [0.25, 0.3) is 0 Å². The van der Waals surface area contributed by atoms with Gasteiger partial charge in [0.1, 0.15) is 17.2 Å². The molecule has 94 valence electrons. The van der Waals surface area contributed by atoms with Gasteiger partial charge in [-0.1, -0.05) is 23.8 Å². The van der Waals surface area contributed by atoms with E-state index in [2.05, 4.69) is 0 Å². The lowest BCUT2D eigenvalue weighted by atomic mass is 10.2. The number of benzene rings is 2. The van der Waals surface area contributed by atoms with Crippen molar-refractivity contribution in [2.24, 2.45) is 0 Å². The highest BCUT2D eigenvalue weighted by Gasteiger charge is 2.06. The molecule has 0 aliphatic rings. The molecule has 0 heterocycles. The SMILES string of the molecule is COc1ccc(CCl)c(Oc2ccc(C)cc2)c1. The third-order valence-electron chi connectivity index (χ3n) is 2.67. The van der Waals surface area contributed by atoms with Crippen molar-refractivity contribution in [3.05, 3.63) is 53.6 Å². The molecular weight excluding hydrogens is 248 g/mol. The normalized spacial score (nSPS) is 10.2. The highest BCUT2D eigenvalue weighted by atomic mass is 35.5. The Kier molecular flexibility index (Phi) is 4.11. The molecule has 0 fully saturated rings. The molecule has 0 atom stereocenters. The molecule has 0 spiro atoms. The molecule has 0 aliphatic heterocycles. The van der Waals surface area contributed by atoms with Crippen molar-refractivity contribution in [3.63, 3.8) is 0 Å². The fourth-order valence-electron chi connectivity index (χ4n) is 1.60. The topological polar surface area (TPSA) is 18.5 Å². The van der Waals surface area contributed by atoms with E-state index < -0.39 is 0 Å². The molecule has 0 unspecified atom stereocenters. The number of aryl methyl sites for hydroxylation is 1. The Morgan fingerprint density at radius 1 is 1.00 bits per heavy atom. The zero-order valence-corrected chi connectivity index (χ0v) is 11.2. The second kappa shape index (κ2) is 5.78. The predicted octanol–water partition coefficient (Wildman–Crippen LogP) is 4.53. The second-order valence-corrected chi connectivity index (χ2v) is 4.29. The number of hydrogen-bond donors (Lipinski definition) is 0. The lowest BCUT2D eigenvalue weighted by molar-refractivity contribution is 0.408. The zero-order chi connectivity index (χ0) is 13.0. The second-order valence-electron chi connectivity index (χ2n) is 4.02. The van der Waals surface area contributed by atoms with Crippen LogP contribution in [0.2, 0.25) is 0 Å². The lowest BCUT2D eigenvalue weighted by Crippen LogP contribution is -1.91. The molecule has 0 saturated heterocycles. The molecule has 0 N–H and O–H groups in total. The summed E-state index contributed by atoms with van der Waals surface area (Å²) in [6.45, 7) is 2.04. The summed E-state index contributed by atoms with van der Waals surface area (Å²) in [4.78, 5) is 0. The van der Waals surface area contributed by atoms with Crippen LogP contribution in [0.1, 0.15) is 11.1 Å². The number of ether oxygens (including phenoxy) is 2. The van der Waals surface area contributed by atoms with Gasteiger partial charge in [0.15, 0.2) is 0 Å². The summed E-state index contributed by atoms with van der Waals surface area (Å²) in [5, 5.41) is 0. The van der Waals surface area contributed by atoms with Crippen molar-refractivity contribution in [1.82, 2.24) is 0 Å². The standard InChI is InChI=1S/C15H15ClO2/c1-11-3-6-13(7-4-11)18-15-9-14(17-2)8-5-12(15)10-16/h3-9H,10H2,1-2H3. The maximum absolute atomic E-state index is 5.90. The summed E-state index contributed by atoms with van der Waals surface area (Å²) in [5.74, 6) is 2.69. The minimum absolute atomic E-state index is 0.408. The maximum atomic E-state index is 5.90. The maximum Gasteiger partial charge on any atom is 0.135 e. The van der Waals surface area contributed by atoms with Crippen molar-refractivity contribution >= 4 is 11.6 Å². The van der Waals surface area contributed by atoms with E-state index in [9.17, 15) is 0 Å². The van der Waals surface area contributed by atoms with Gasteiger partial charge in [-0.05, 0) is 25.1 Å². The highest BCUT2D eigenvalue weighted by molar-refractivity contribution is 6.17. The molecule has 3 heteroatoms. The van der Waals surface area contributed by atoms with Gasteiger partial charge in [-0.15, -0.1) is 11.6 Å². The fourth-order valence-corrected chi connectivity index (χ4v) is 1.82. The van der Waals surface area contributed by atoms with Crippen LogP contribution in [0, 0.1) is 6.92 Å². The van der Waals surface area contributed by atoms with Gasteiger partial charge in [0, 0.05) is 11.6 Å². The van der Waals surface area contributed by atoms with Crippen molar-refractivity contribution in [2.45, 2.75) is 12.8 Å². The van der Waals surface area contributed by atoms with Crippen LogP contribution in [-0.2, 0) is 5.88 Å². The number of hydrogen-bond acceptors (Lipinski definition) is 2. The number of methoxy groups -OCH3 is 1. The van der Waals surface area contributed by atoms with Gasteiger partial charge in [0.2, 0.25) is 0 Å². The Bertz CT molecular complexity index is 521.